The van der Waals surface area contributed by atoms with E-state index in [1.54, 1.807) is 0 Å². The monoisotopic (exact) mass is 334 g/mol. The molecule has 0 amide bonds. The van der Waals surface area contributed by atoms with Crippen LogP contribution in [-0.2, 0) is 6.42 Å². The first-order valence-corrected chi connectivity index (χ1v) is 8.58. The van der Waals surface area contributed by atoms with Crippen molar-refractivity contribution in [1.82, 2.24) is 4.98 Å². The third-order valence-electron chi connectivity index (χ3n) is 4.34. The first-order valence-electron chi connectivity index (χ1n) is 8.17. The highest BCUT2D eigenvalue weighted by Crippen LogP contribution is 2.23. The lowest BCUT2D eigenvalue weighted by atomic mass is 10.0. The van der Waals surface area contributed by atoms with Crippen molar-refractivity contribution in [1.29, 1.82) is 0 Å². The van der Waals surface area contributed by atoms with Gasteiger partial charge in [-0.2, -0.15) is 0 Å². The van der Waals surface area contributed by atoms with Gasteiger partial charge in [0.05, 0.1) is 10.2 Å². The Labute approximate surface area is 148 Å². The van der Waals surface area contributed by atoms with Crippen LogP contribution in [0, 0.1) is 25.3 Å². The molecule has 2 aromatic carbocycles. The maximum Gasteiger partial charge on any atom is 0.0629 e. The van der Waals surface area contributed by atoms with Crippen LogP contribution in [0.3, 0.4) is 0 Å². The Balaban J connectivity index is 2.01. The van der Waals surface area contributed by atoms with Crippen LogP contribution in [0.5, 0.6) is 0 Å². The molecule has 3 aromatic rings. The van der Waals surface area contributed by atoms with Crippen molar-refractivity contribution in [2.45, 2.75) is 34.1 Å². The average molecular weight is 334 g/mol. The number of H-pyrrole nitrogens is 1. The second kappa shape index (κ2) is 6.70. The van der Waals surface area contributed by atoms with Crippen LogP contribution in [0.2, 0.25) is 0 Å². The molecule has 122 valence electrons. The molecule has 24 heavy (non-hydrogen) atoms. The van der Waals surface area contributed by atoms with Crippen molar-refractivity contribution < 1.29 is 0 Å². The second-order valence-electron chi connectivity index (χ2n) is 6.41. The van der Waals surface area contributed by atoms with Gasteiger partial charge in [-0.05, 0) is 51.0 Å². The molecule has 0 bridgehead atoms. The quantitative estimate of drug-likeness (QED) is 0.451. The normalized spacial score (nSPS) is 11.9. The van der Waals surface area contributed by atoms with E-state index in [0.717, 1.165) is 44.5 Å². The van der Waals surface area contributed by atoms with E-state index in [1.807, 2.05) is 0 Å². The molecule has 3 rings (SSSR count). The van der Waals surface area contributed by atoms with Crippen molar-refractivity contribution in [2.24, 2.45) is 4.99 Å². The van der Waals surface area contributed by atoms with Crippen LogP contribution in [0.25, 0.3) is 10.9 Å². The number of aryl methyl sites for hydroxylation is 3. The number of aromatic amines is 1. The van der Waals surface area contributed by atoms with E-state index in [9.17, 15) is 0 Å². The number of hydrogen-bond donors (Lipinski definition) is 1. The zero-order valence-corrected chi connectivity index (χ0v) is 15.4. The molecule has 0 saturated carbocycles. The molecule has 3 heteroatoms. The van der Waals surface area contributed by atoms with Gasteiger partial charge in [0.1, 0.15) is 0 Å². The first kappa shape index (κ1) is 16.6. The molecule has 0 spiro atoms. The largest absolute Gasteiger partial charge is 0.358 e. The van der Waals surface area contributed by atoms with Crippen LogP contribution in [-0.4, -0.2) is 10.7 Å². The van der Waals surface area contributed by atoms with Crippen LogP contribution in [0.15, 0.2) is 47.5 Å². The van der Waals surface area contributed by atoms with Gasteiger partial charge >= 0.3 is 0 Å². The molecule has 0 unspecified atom stereocenters. The Hall–Kier alpha value is -2.26. The molecule has 0 radical (unpaired) electrons. The van der Waals surface area contributed by atoms with E-state index in [-0.39, 0.29) is 0 Å². The topological polar surface area (TPSA) is 28.1 Å². The number of aromatic nitrogens is 1. The summed E-state index contributed by atoms with van der Waals surface area (Å²) in [5.41, 5.74) is 7.94. The standard InChI is InChI=1S/C21H22N2S/c1-13-8-10-17(11-9-13)22-15(3)12-19-16(4)23-20-14(2)6-5-7-18(20)21(19)24/h5-11H,12H2,1-4H3,(H,23,24). The highest BCUT2D eigenvalue weighted by molar-refractivity contribution is 7.71. The number of fused-ring (bicyclic) bond motifs is 1. The van der Waals surface area contributed by atoms with Gasteiger partial charge in [-0.3, -0.25) is 4.99 Å². The summed E-state index contributed by atoms with van der Waals surface area (Å²) in [6, 6.07) is 14.5. The fourth-order valence-electron chi connectivity index (χ4n) is 2.97. The van der Waals surface area contributed by atoms with Gasteiger partial charge in [-0.1, -0.05) is 48.1 Å². The minimum atomic E-state index is 0.763. The van der Waals surface area contributed by atoms with Gasteiger partial charge in [-0.25, -0.2) is 0 Å². The lowest BCUT2D eigenvalue weighted by Gasteiger charge is -2.11. The van der Waals surface area contributed by atoms with Crippen molar-refractivity contribution in [3.63, 3.8) is 0 Å². The zero-order chi connectivity index (χ0) is 17.3. The van der Waals surface area contributed by atoms with Gasteiger partial charge in [0.25, 0.3) is 0 Å². The number of hydrogen-bond acceptors (Lipinski definition) is 2. The Kier molecular flexibility index (Phi) is 4.63. The second-order valence-corrected chi connectivity index (χ2v) is 6.82. The Morgan fingerprint density at radius 1 is 1.04 bits per heavy atom. The summed E-state index contributed by atoms with van der Waals surface area (Å²) >= 11 is 5.77. The number of pyridine rings is 1. The Bertz CT molecular complexity index is 979. The minimum absolute atomic E-state index is 0.763. The molecular formula is C21H22N2S. The lowest BCUT2D eigenvalue weighted by Crippen LogP contribution is -2.03. The van der Waals surface area contributed by atoms with Gasteiger partial charge in [-0.15, -0.1) is 0 Å². The van der Waals surface area contributed by atoms with Crippen molar-refractivity contribution >= 4 is 34.5 Å². The number of benzene rings is 2. The Morgan fingerprint density at radius 2 is 1.75 bits per heavy atom. The van der Waals surface area contributed by atoms with E-state index in [1.165, 1.54) is 11.1 Å². The summed E-state index contributed by atoms with van der Waals surface area (Å²) in [5.74, 6) is 0. The predicted octanol–water partition coefficient (Wildman–Crippen LogP) is 6.16. The molecule has 0 fully saturated rings. The number of rotatable bonds is 3. The summed E-state index contributed by atoms with van der Waals surface area (Å²) in [4.78, 5) is 8.25. The molecule has 0 atom stereocenters. The maximum atomic E-state index is 5.77. The highest BCUT2D eigenvalue weighted by atomic mass is 32.1. The lowest BCUT2D eigenvalue weighted by molar-refractivity contribution is 1.14. The Morgan fingerprint density at radius 3 is 2.46 bits per heavy atom. The highest BCUT2D eigenvalue weighted by Gasteiger charge is 2.09. The molecule has 1 N–H and O–H groups in total. The maximum absolute atomic E-state index is 5.77. The summed E-state index contributed by atoms with van der Waals surface area (Å²) in [7, 11) is 0. The summed E-state index contributed by atoms with van der Waals surface area (Å²) < 4.78 is 0.934. The predicted molar refractivity (Wildman–Crippen MR) is 106 cm³/mol. The van der Waals surface area contributed by atoms with Crippen LogP contribution >= 0.6 is 12.2 Å². The van der Waals surface area contributed by atoms with Crippen molar-refractivity contribution in [2.75, 3.05) is 0 Å². The molecule has 0 aliphatic carbocycles. The fraction of sp³-hybridized carbons (Fsp3) is 0.238. The molecule has 0 aliphatic rings. The van der Waals surface area contributed by atoms with Crippen molar-refractivity contribution in [3.05, 3.63) is 69.4 Å². The van der Waals surface area contributed by atoms with Crippen LogP contribution < -0.4 is 0 Å². The van der Waals surface area contributed by atoms with E-state index in [2.05, 4.69) is 75.1 Å². The van der Waals surface area contributed by atoms with E-state index in [4.69, 9.17) is 17.2 Å². The molecule has 2 nitrogen and oxygen atoms in total. The van der Waals surface area contributed by atoms with Gasteiger partial charge in [0.15, 0.2) is 0 Å². The smallest absolute Gasteiger partial charge is 0.0629 e. The molecular weight excluding hydrogens is 312 g/mol. The zero-order valence-electron chi connectivity index (χ0n) is 14.6. The van der Waals surface area contributed by atoms with Crippen LogP contribution in [0.4, 0.5) is 5.69 Å². The fourth-order valence-corrected chi connectivity index (χ4v) is 3.36. The SMILES string of the molecule is CC(Cc1c(C)[nH]c2c(C)cccc2c1=S)=Nc1ccc(C)cc1. The summed E-state index contributed by atoms with van der Waals surface area (Å²) in [5, 5.41) is 1.12. The minimum Gasteiger partial charge on any atom is -0.358 e. The van der Waals surface area contributed by atoms with Crippen LogP contribution in [0.1, 0.15) is 29.3 Å². The molecule has 0 saturated heterocycles. The number of aliphatic imine (C=N–C) groups is 1. The third kappa shape index (κ3) is 3.31. The number of nitrogens with one attached hydrogen (secondary N) is 1. The van der Waals surface area contributed by atoms with E-state index >= 15 is 0 Å². The molecule has 1 heterocycles. The van der Waals surface area contributed by atoms with Gasteiger partial charge in [0.2, 0.25) is 0 Å². The number of nitrogens with zero attached hydrogens (tertiary/aromatic N) is 1. The summed E-state index contributed by atoms with van der Waals surface area (Å²) in [6.07, 6.45) is 0.763. The van der Waals surface area contributed by atoms with E-state index in [0.29, 0.717) is 0 Å². The van der Waals surface area contributed by atoms with E-state index < -0.39 is 0 Å². The third-order valence-corrected chi connectivity index (χ3v) is 4.81. The molecule has 1 aromatic heterocycles. The first-order chi connectivity index (χ1) is 11.5. The van der Waals surface area contributed by atoms with Gasteiger partial charge < -0.3 is 4.98 Å². The van der Waals surface area contributed by atoms with Gasteiger partial charge in [0, 0.05) is 28.7 Å². The molecule has 0 aliphatic heterocycles. The summed E-state index contributed by atoms with van der Waals surface area (Å²) in [6.45, 7) is 8.35. The number of para-hydroxylation sites is 1. The van der Waals surface area contributed by atoms with Crippen molar-refractivity contribution in [3.8, 4) is 0 Å². The average Bonchev–Trinajstić information content (AvgIpc) is 2.55.